The van der Waals surface area contributed by atoms with Gasteiger partial charge in [0.25, 0.3) is 0 Å². The number of aliphatic hydroxyl groups excluding tert-OH is 3. The minimum Gasteiger partial charge on any atom is -0.455 e. The third-order valence-corrected chi connectivity index (χ3v) is 5.36. The van der Waals surface area contributed by atoms with E-state index in [0.717, 1.165) is 44.1 Å². The maximum Gasteiger partial charge on any atom is 0.306 e. The van der Waals surface area contributed by atoms with Gasteiger partial charge in [-0.1, -0.05) is 62.6 Å². The van der Waals surface area contributed by atoms with E-state index in [-0.39, 0.29) is 5.97 Å². The van der Waals surface area contributed by atoms with Crippen molar-refractivity contribution < 1.29 is 24.9 Å². The molecule has 0 aromatic heterocycles. The highest BCUT2D eigenvalue weighted by Crippen LogP contribution is 2.23. The van der Waals surface area contributed by atoms with Crippen molar-refractivity contribution in [2.45, 2.75) is 89.4 Å². The van der Waals surface area contributed by atoms with Crippen LogP contribution in [0.15, 0.2) is 47.6 Å². The molecule has 0 aromatic rings. The average Bonchev–Trinajstić information content (AvgIpc) is 2.72. The molecule has 0 heterocycles. The monoisotopic (exact) mass is 532 g/mol. The van der Waals surface area contributed by atoms with Crippen molar-refractivity contribution in [3.63, 3.8) is 0 Å². The molecule has 0 radical (unpaired) electrons. The highest BCUT2D eigenvalue weighted by molar-refractivity contribution is 14.1. The van der Waals surface area contributed by atoms with Crippen molar-refractivity contribution in [1.29, 1.82) is 0 Å². The number of carbonyl (C=O) groups excluding carboxylic acids is 1. The molecule has 1 rings (SSSR count). The zero-order valence-electron chi connectivity index (χ0n) is 18.0. The standard InChI is InChI=1S/C24H37IO5/c1-2-3-4-13-22(27)23(28)16-15-20-9-5-8-19(17-20)10-6-11-21(26)12-7-14-24(29)30-18-25/h6,10-11,15-17,21-23,26-28H,2-5,7-9,12-14,18H2,1H3/b11-6+,16-15+,19-10-/t21-,22-,23-/m1/s1. The third kappa shape index (κ3) is 12.7. The summed E-state index contributed by atoms with van der Waals surface area (Å²) in [4.78, 5) is 11.3. The molecule has 0 aromatic carbocycles. The number of aliphatic hydroxyl groups is 3. The minimum atomic E-state index is -0.832. The maximum atomic E-state index is 11.3. The van der Waals surface area contributed by atoms with Crippen LogP contribution < -0.4 is 0 Å². The van der Waals surface area contributed by atoms with Crippen LogP contribution in [0.25, 0.3) is 0 Å². The highest BCUT2D eigenvalue weighted by atomic mass is 127. The number of hydrogen-bond donors (Lipinski definition) is 3. The van der Waals surface area contributed by atoms with Crippen molar-refractivity contribution in [2.24, 2.45) is 0 Å². The van der Waals surface area contributed by atoms with Crippen LogP contribution in [0, 0.1) is 0 Å². The second-order valence-electron chi connectivity index (χ2n) is 7.70. The van der Waals surface area contributed by atoms with Gasteiger partial charge in [-0.3, -0.25) is 4.79 Å². The lowest BCUT2D eigenvalue weighted by molar-refractivity contribution is -0.141. The molecule has 1 aliphatic carbocycles. The third-order valence-electron chi connectivity index (χ3n) is 5.05. The second-order valence-corrected chi connectivity index (χ2v) is 8.32. The number of hydrogen-bond acceptors (Lipinski definition) is 5. The topological polar surface area (TPSA) is 87.0 Å². The summed E-state index contributed by atoms with van der Waals surface area (Å²) < 4.78 is 5.22. The Balaban J connectivity index is 2.47. The number of unbranched alkanes of at least 4 members (excludes halogenated alkanes) is 2. The Kier molecular flexibility index (Phi) is 15.1. The van der Waals surface area contributed by atoms with E-state index in [1.807, 2.05) is 40.8 Å². The molecular weight excluding hydrogens is 495 g/mol. The highest BCUT2D eigenvalue weighted by Gasteiger charge is 2.13. The van der Waals surface area contributed by atoms with E-state index < -0.39 is 18.3 Å². The van der Waals surface area contributed by atoms with E-state index in [1.54, 1.807) is 12.2 Å². The van der Waals surface area contributed by atoms with Crippen molar-refractivity contribution in [2.75, 3.05) is 4.61 Å². The van der Waals surface area contributed by atoms with E-state index >= 15 is 0 Å². The fourth-order valence-electron chi connectivity index (χ4n) is 3.26. The Hall–Kier alpha value is -0.960. The van der Waals surface area contributed by atoms with Crippen LogP contribution in [0.5, 0.6) is 0 Å². The molecule has 0 saturated carbocycles. The van der Waals surface area contributed by atoms with Crippen LogP contribution in [0.4, 0.5) is 0 Å². The molecule has 0 saturated heterocycles. The van der Waals surface area contributed by atoms with E-state index in [0.29, 0.717) is 30.3 Å². The molecule has 0 fully saturated rings. The van der Waals surface area contributed by atoms with Gasteiger partial charge in [0.1, 0.15) is 4.61 Å². The van der Waals surface area contributed by atoms with Gasteiger partial charge < -0.3 is 20.1 Å². The summed E-state index contributed by atoms with van der Waals surface area (Å²) in [6, 6.07) is 0. The molecule has 170 valence electrons. The second kappa shape index (κ2) is 16.7. The first kappa shape index (κ1) is 27.1. The lowest BCUT2D eigenvalue weighted by Crippen LogP contribution is -2.23. The van der Waals surface area contributed by atoms with Gasteiger partial charge in [0.2, 0.25) is 0 Å². The molecule has 5 nitrogen and oxygen atoms in total. The van der Waals surface area contributed by atoms with E-state index in [4.69, 9.17) is 4.74 Å². The average molecular weight is 532 g/mol. The maximum absolute atomic E-state index is 11.3. The van der Waals surface area contributed by atoms with Gasteiger partial charge in [0, 0.05) is 6.42 Å². The van der Waals surface area contributed by atoms with Gasteiger partial charge >= 0.3 is 5.97 Å². The quantitative estimate of drug-likeness (QED) is 0.128. The van der Waals surface area contributed by atoms with Crippen molar-refractivity contribution in [3.8, 4) is 0 Å². The van der Waals surface area contributed by atoms with E-state index in [1.165, 1.54) is 5.57 Å². The van der Waals surface area contributed by atoms with Crippen LogP contribution in [0.1, 0.15) is 71.1 Å². The molecular formula is C24H37IO5. The first-order chi connectivity index (χ1) is 14.5. The van der Waals surface area contributed by atoms with Crippen molar-refractivity contribution in [1.82, 2.24) is 0 Å². The summed E-state index contributed by atoms with van der Waals surface area (Å²) in [7, 11) is 0. The largest absolute Gasteiger partial charge is 0.455 e. The summed E-state index contributed by atoms with van der Waals surface area (Å²) in [6.45, 7) is 2.12. The van der Waals surface area contributed by atoms with E-state index in [9.17, 15) is 20.1 Å². The summed E-state index contributed by atoms with van der Waals surface area (Å²) in [5.41, 5.74) is 2.31. The Labute approximate surface area is 194 Å². The molecule has 6 heteroatoms. The molecule has 30 heavy (non-hydrogen) atoms. The molecule has 0 spiro atoms. The minimum absolute atomic E-state index is 0.228. The van der Waals surface area contributed by atoms with Gasteiger partial charge in [-0.2, -0.15) is 0 Å². The number of halogens is 1. The molecule has 3 atom stereocenters. The summed E-state index contributed by atoms with van der Waals surface area (Å²) in [5, 5.41) is 30.1. The van der Waals surface area contributed by atoms with Gasteiger partial charge in [0.15, 0.2) is 0 Å². The van der Waals surface area contributed by atoms with Crippen LogP contribution in [-0.4, -0.2) is 44.2 Å². The normalized spacial score (nSPS) is 19.2. The molecule has 0 unspecified atom stereocenters. The Morgan fingerprint density at radius 2 is 1.97 bits per heavy atom. The first-order valence-electron chi connectivity index (χ1n) is 11.0. The fraction of sp³-hybridized carbons (Fsp3) is 0.625. The fourth-order valence-corrected chi connectivity index (χ4v) is 3.61. The molecule has 0 aliphatic heterocycles. The number of esters is 1. The van der Waals surface area contributed by atoms with Gasteiger partial charge in [0.05, 0.1) is 18.3 Å². The number of alkyl halides is 1. The lowest BCUT2D eigenvalue weighted by Gasteiger charge is -2.16. The Bertz CT molecular complexity index is 609. The number of allylic oxidation sites excluding steroid dienone is 6. The molecule has 1 aliphatic rings. The first-order valence-corrected chi connectivity index (χ1v) is 12.5. The number of rotatable bonds is 14. The number of ether oxygens (including phenoxy) is 1. The predicted octanol–water partition coefficient (Wildman–Crippen LogP) is 4.90. The van der Waals surface area contributed by atoms with Crippen LogP contribution in [0.2, 0.25) is 0 Å². The van der Waals surface area contributed by atoms with Crippen molar-refractivity contribution in [3.05, 3.63) is 47.6 Å². The lowest BCUT2D eigenvalue weighted by atomic mass is 9.94. The summed E-state index contributed by atoms with van der Waals surface area (Å²) >= 11 is 1.98. The Morgan fingerprint density at radius 3 is 2.70 bits per heavy atom. The van der Waals surface area contributed by atoms with Gasteiger partial charge in [-0.05, 0) is 72.3 Å². The Morgan fingerprint density at radius 1 is 1.17 bits per heavy atom. The predicted molar refractivity (Wildman–Crippen MR) is 129 cm³/mol. The van der Waals surface area contributed by atoms with Gasteiger partial charge in [-0.25, -0.2) is 0 Å². The molecule has 3 N–H and O–H groups in total. The van der Waals surface area contributed by atoms with Crippen molar-refractivity contribution >= 4 is 28.6 Å². The van der Waals surface area contributed by atoms with Crippen LogP contribution in [-0.2, 0) is 9.53 Å². The summed E-state index contributed by atoms with van der Waals surface area (Å²) in [6.07, 6.45) is 17.3. The number of carbonyl (C=O) groups is 1. The zero-order chi connectivity index (χ0) is 22.2. The van der Waals surface area contributed by atoms with Crippen LogP contribution in [0.3, 0.4) is 0 Å². The molecule has 0 amide bonds. The SMILES string of the molecule is CCCCC[C@@H](O)[C@H](O)/C=C/C1=CC(=C\C=C\[C@@H](O)CCCC(=O)OCI)/CCC1. The smallest absolute Gasteiger partial charge is 0.306 e. The summed E-state index contributed by atoms with van der Waals surface area (Å²) in [5.74, 6) is -0.228. The van der Waals surface area contributed by atoms with E-state index in [2.05, 4.69) is 13.0 Å². The zero-order valence-corrected chi connectivity index (χ0v) is 20.2. The molecule has 0 bridgehead atoms. The van der Waals surface area contributed by atoms with Crippen LogP contribution >= 0.6 is 22.6 Å². The van der Waals surface area contributed by atoms with Gasteiger partial charge in [-0.15, -0.1) is 0 Å².